The van der Waals surface area contributed by atoms with Crippen molar-refractivity contribution in [3.8, 4) is 0 Å². The van der Waals surface area contributed by atoms with Crippen LogP contribution in [0.3, 0.4) is 0 Å². The third kappa shape index (κ3) is 9.78. The molecule has 0 amide bonds. The number of anilines is 2. The second-order valence-electron chi connectivity index (χ2n) is 7.30. The van der Waals surface area contributed by atoms with Gasteiger partial charge in [-0.15, -0.1) is 0 Å². The van der Waals surface area contributed by atoms with Crippen LogP contribution in [-0.2, 0) is 32.9 Å². The average Bonchev–Trinajstić information content (AvgIpc) is 2.60. The van der Waals surface area contributed by atoms with E-state index in [2.05, 4.69) is 21.4 Å². The van der Waals surface area contributed by atoms with Crippen LogP contribution in [0.15, 0.2) is 48.5 Å². The number of nitrogens with one attached hydrogen (secondary N) is 2. The second kappa shape index (κ2) is 10.1. The first-order chi connectivity index (χ1) is 13.5. The van der Waals surface area contributed by atoms with Gasteiger partial charge in [-0.25, -0.2) is 16.8 Å². The van der Waals surface area contributed by atoms with E-state index in [-0.39, 0.29) is 0 Å². The molecule has 0 spiro atoms. The fraction of sp³-hybridized carbons (Fsp3) is 0.400. The first-order valence-electron chi connectivity index (χ1n) is 9.32. The standard InChI is InChI=1S/C20H29N3O4S2/c1-23(16-14-18-8-12-20(13-9-18)22-29(3,26)27)15-4-5-17-6-10-19(11-7-17)21-28(2,24)25/h6-13,21-22H,4-5,14-16H2,1-3H3. The lowest BCUT2D eigenvalue weighted by Crippen LogP contribution is -2.22. The molecule has 0 saturated carbocycles. The number of likely N-dealkylation sites (N-methyl/N-ethyl adjacent to an activating group) is 1. The summed E-state index contributed by atoms with van der Waals surface area (Å²) in [5, 5.41) is 0. The molecule has 0 aliphatic rings. The maximum Gasteiger partial charge on any atom is 0.229 e. The zero-order chi connectivity index (χ0) is 21.5. The van der Waals surface area contributed by atoms with Gasteiger partial charge >= 0.3 is 0 Å². The van der Waals surface area contributed by atoms with Crippen molar-refractivity contribution in [2.45, 2.75) is 19.3 Å². The molecule has 0 bridgehead atoms. The highest BCUT2D eigenvalue weighted by Crippen LogP contribution is 2.13. The van der Waals surface area contributed by atoms with Gasteiger partial charge in [-0.2, -0.15) is 0 Å². The van der Waals surface area contributed by atoms with Crippen molar-refractivity contribution in [1.29, 1.82) is 0 Å². The Morgan fingerprint density at radius 3 is 1.52 bits per heavy atom. The van der Waals surface area contributed by atoms with Gasteiger partial charge in [0.1, 0.15) is 0 Å². The molecule has 160 valence electrons. The molecule has 9 heteroatoms. The van der Waals surface area contributed by atoms with Gasteiger partial charge in [-0.1, -0.05) is 24.3 Å². The molecule has 0 saturated heterocycles. The molecule has 7 nitrogen and oxygen atoms in total. The molecule has 0 aliphatic heterocycles. The zero-order valence-electron chi connectivity index (χ0n) is 17.1. The highest BCUT2D eigenvalue weighted by atomic mass is 32.2. The summed E-state index contributed by atoms with van der Waals surface area (Å²) >= 11 is 0. The van der Waals surface area contributed by atoms with Crippen LogP contribution in [-0.4, -0.2) is 54.4 Å². The highest BCUT2D eigenvalue weighted by molar-refractivity contribution is 7.92. The molecule has 2 aromatic carbocycles. The summed E-state index contributed by atoms with van der Waals surface area (Å²) in [4.78, 5) is 2.27. The zero-order valence-corrected chi connectivity index (χ0v) is 18.7. The fourth-order valence-electron chi connectivity index (χ4n) is 2.89. The van der Waals surface area contributed by atoms with E-state index in [4.69, 9.17) is 0 Å². The maximum absolute atomic E-state index is 11.2. The molecule has 29 heavy (non-hydrogen) atoms. The van der Waals surface area contributed by atoms with E-state index in [1.165, 1.54) is 5.56 Å². The third-order valence-corrected chi connectivity index (χ3v) is 5.51. The SMILES string of the molecule is CN(CCCc1ccc(NS(C)(=O)=O)cc1)CCc1ccc(NS(C)(=O)=O)cc1. The van der Waals surface area contributed by atoms with Gasteiger partial charge in [-0.3, -0.25) is 9.44 Å². The molecule has 0 atom stereocenters. The largest absolute Gasteiger partial charge is 0.306 e. The number of hydrogen-bond acceptors (Lipinski definition) is 5. The van der Waals surface area contributed by atoms with Crippen molar-refractivity contribution < 1.29 is 16.8 Å². The van der Waals surface area contributed by atoms with Crippen molar-refractivity contribution in [2.75, 3.05) is 42.1 Å². The number of sulfonamides is 2. The Morgan fingerprint density at radius 1 is 0.690 bits per heavy atom. The molecular formula is C20H29N3O4S2. The molecule has 0 fully saturated rings. The Morgan fingerprint density at radius 2 is 1.10 bits per heavy atom. The lowest BCUT2D eigenvalue weighted by molar-refractivity contribution is 0.333. The van der Waals surface area contributed by atoms with Crippen LogP contribution in [0.5, 0.6) is 0 Å². The first kappa shape index (κ1) is 23.2. The van der Waals surface area contributed by atoms with Gasteiger partial charge in [0.05, 0.1) is 12.5 Å². The van der Waals surface area contributed by atoms with Crippen LogP contribution in [0.4, 0.5) is 11.4 Å². The summed E-state index contributed by atoms with van der Waals surface area (Å²) in [5.74, 6) is 0. The Bertz CT molecular complexity index is 987. The summed E-state index contributed by atoms with van der Waals surface area (Å²) in [6.07, 6.45) is 5.10. The Kier molecular flexibility index (Phi) is 8.06. The van der Waals surface area contributed by atoms with Gasteiger partial charge < -0.3 is 4.90 Å². The van der Waals surface area contributed by atoms with E-state index in [1.54, 1.807) is 24.3 Å². The summed E-state index contributed by atoms with van der Waals surface area (Å²) < 4.78 is 49.8. The summed E-state index contributed by atoms with van der Waals surface area (Å²) in [7, 11) is -4.41. The second-order valence-corrected chi connectivity index (χ2v) is 10.8. The van der Waals surface area contributed by atoms with Gasteiger partial charge in [0.15, 0.2) is 0 Å². The Hall–Kier alpha value is -2.10. The fourth-order valence-corrected chi connectivity index (χ4v) is 4.02. The number of aryl methyl sites for hydroxylation is 1. The highest BCUT2D eigenvalue weighted by Gasteiger charge is 2.04. The summed E-state index contributed by atoms with van der Waals surface area (Å²) in [6, 6.07) is 14.9. The van der Waals surface area contributed by atoms with Crippen LogP contribution in [0.25, 0.3) is 0 Å². The molecular weight excluding hydrogens is 410 g/mol. The van der Waals surface area contributed by atoms with E-state index in [1.807, 2.05) is 24.3 Å². The number of nitrogens with zero attached hydrogens (tertiary/aromatic N) is 1. The van der Waals surface area contributed by atoms with Crippen molar-refractivity contribution >= 4 is 31.4 Å². The Balaban J connectivity index is 1.71. The van der Waals surface area contributed by atoms with Gasteiger partial charge in [0, 0.05) is 17.9 Å². The molecule has 0 unspecified atom stereocenters. The van der Waals surface area contributed by atoms with E-state index in [9.17, 15) is 16.8 Å². The van der Waals surface area contributed by atoms with Crippen molar-refractivity contribution in [3.05, 3.63) is 59.7 Å². The van der Waals surface area contributed by atoms with E-state index >= 15 is 0 Å². The number of benzene rings is 2. The molecule has 0 aliphatic carbocycles. The minimum Gasteiger partial charge on any atom is -0.306 e. The van der Waals surface area contributed by atoms with Crippen LogP contribution in [0.1, 0.15) is 17.5 Å². The normalized spacial score (nSPS) is 12.1. The minimum absolute atomic E-state index is 0.572. The number of rotatable bonds is 11. The van der Waals surface area contributed by atoms with Crippen molar-refractivity contribution in [1.82, 2.24) is 4.90 Å². The topological polar surface area (TPSA) is 95.6 Å². The predicted octanol–water partition coefficient (Wildman–Crippen LogP) is 2.54. The summed E-state index contributed by atoms with van der Waals surface area (Å²) in [5.41, 5.74) is 3.48. The smallest absolute Gasteiger partial charge is 0.229 e. The number of hydrogen-bond donors (Lipinski definition) is 2. The minimum atomic E-state index is -3.25. The first-order valence-corrected chi connectivity index (χ1v) is 13.1. The maximum atomic E-state index is 11.2. The van der Waals surface area contributed by atoms with Crippen LogP contribution < -0.4 is 9.44 Å². The van der Waals surface area contributed by atoms with E-state index in [0.717, 1.165) is 50.4 Å². The van der Waals surface area contributed by atoms with Gasteiger partial charge in [0.2, 0.25) is 20.0 Å². The average molecular weight is 440 g/mol. The quantitative estimate of drug-likeness (QED) is 0.561. The lowest BCUT2D eigenvalue weighted by atomic mass is 10.1. The molecule has 2 rings (SSSR count). The monoisotopic (exact) mass is 439 g/mol. The van der Waals surface area contributed by atoms with Crippen LogP contribution >= 0.6 is 0 Å². The summed E-state index contributed by atoms with van der Waals surface area (Å²) in [6.45, 7) is 1.87. The van der Waals surface area contributed by atoms with Crippen molar-refractivity contribution in [2.24, 2.45) is 0 Å². The predicted molar refractivity (Wildman–Crippen MR) is 119 cm³/mol. The van der Waals surface area contributed by atoms with Crippen molar-refractivity contribution in [3.63, 3.8) is 0 Å². The van der Waals surface area contributed by atoms with Crippen LogP contribution in [0.2, 0.25) is 0 Å². The molecule has 0 aromatic heterocycles. The molecule has 2 N–H and O–H groups in total. The molecule has 0 radical (unpaired) electrons. The van der Waals surface area contributed by atoms with Gasteiger partial charge in [0.25, 0.3) is 0 Å². The molecule has 2 aromatic rings. The van der Waals surface area contributed by atoms with Crippen LogP contribution in [0, 0.1) is 0 Å². The Labute approximate surface area is 174 Å². The van der Waals surface area contributed by atoms with E-state index < -0.39 is 20.0 Å². The molecule has 0 heterocycles. The third-order valence-electron chi connectivity index (χ3n) is 4.30. The lowest BCUT2D eigenvalue weighted by Gasteiger charge is -2.16. The van der Waals surface area contributed by atoms with Gasteiger partial charge in [-0.05, 0) is 68.2 Å². The van der Waals surface area contributed by atoms with E-state index in [0.29, 0.717) is 11.4 Å².